The quantitative estimate of drug-likeness (QED) is 0.0881. The van der Waals surface area contributed by atoms with Gasteiger partial charge in [0.15, 0.2) is 34.6 Å². The summed E-state index contributed by atoms with van der Waals surface area (Å²) in [6.45, 7) is 1.24. The molecule has 67 heavy (non-hydrogen) atoms. The number of methoxy groups -OCH3 is 2. The number of hydrogen-bond donors (Lipinski definition) is 1. The zero-order valence-corrected chi connectivity index (χ0v) is 37.4. The van der Waals surface area contributed by atoms with Gasteiger partial charge >= 0.3 is 5.97 Å². The zero-order valence-electron chi connectivity index (χ0n) is 37.4. The molecular formula is C52H49N5O10. The van der Waals surface area contributed by atoms with E-state index in [1.165, 1.54) is 7.11 Å². The molecule has 1 saturated carbocycles. The maximum Gasteiger partial charge on any atom is 0.307 e. The lowest BCUT2D eigenvalue weighted by Crippen LogP contribution is -2.39. The van der Waals surface area contributed by atoms with E-state index >= 15 is 0 Å². The average Bonchev–Trinajstić information content (AvgIpc) is 3.96. The second kappa shape index (κ2) is 17.9. The number of benzene rings is 5. The number of nitrogens with one attached hydrogen (secondary N) is 1. The average molecular weight is 904 g/mol. The van der Waals surface area contributed by atoms with E-state index < -0.39 is 12.1 Å². The van der Waals surface area contributed by atoms with E-state index in [9.17, 15) is 24.0 Å². The molecule has 1 fully saturated rings. The van der Waals surface area contributed by atoms with Crippen molar-refractivity contribution in [2.24, 2.45) is 4.99 Å². The smallest absolute Gasteiger partial charge is 0.307 e. The SMILES string of the molecule is COc1cc2c(cc1OCc1cc(COc3cc4c(cc3OC)C(=O)N3c5ccccc5CC3CN4)cc(N(C)CCCC(=O)OC3C(=O)CCC3=O)c1)N=CC1Cc3ccccc3N1C2=O. The number of fused-ring (bicyclic) bond motifs is 8. The van der Waals surface area contributed by atoms with Gasteiger partial charge in [-0.3, -0.25) is 33.9 Å². The molecule has 0 saturated heterocycles. The Morgan fingerprint density at radius 3 is 2.03 bits per heavy atom. The van der Waals surface area contributed by atoms with Gasteiger partial charge in [-0.15, -0.1) is 0 Å². The van der Waals surface area contributed by atoms with Crippen LogP contribution in [0.4, 0.5) is 28.4 Å². The summed E-state index contributed by atoms with van der Waals surface area (Å²) in [5.74, 6) is 0.0534. The molecule has 10 rings (SSSR count). The topological polar surface area (TPSA) is 166 Å². The Hall–Kier alpha value is -7.68. The normalized spacial score (nSPS) is 17.9. The first-order valence-electron chi connectivity index (χ1n) is 22.5. The number of aliphatic imine (C=N–C) groups is 1. The van der Waals surface area contributed by atoms with Gasteiger partial charge < -0.3 is 38.8 Å². The summed E-state index contributed by atoms with van der Waals surface area (Å²) < 4.78 is 29.8. The first-order chi connectivity index (χ1) is 32.6. The van der Waals surface area contributed by atoms with Gasteiger partial charge in [-0.1, -0.05) is 36.4 Å². The molecule has 5 aliphatic rings. The third-order valence-corrected chi connectivity index (χ3v) is 13.1. The van der Waals surface area contributed by atoms with E-state index in [-0.39, 0.29) is 67.9 Å². The molecule has 2 atom stereocenters. The second-order valence-electron chi connectivity index (χ2n) is 17.4. The third-order valence-electron chi connectivity index (χ3n) is 13.1. The Morgan fingerprint density at radius 2 is 1.34 bits per heavy atom. The fourth-order valence-electron chi connectivity index (χ4n) is 9.65. The third kappa shape index (κ3) is 8.30. The number of carbonyl (C=O) groups excluding carboxylic acids is 5. The molecular weight excluding hydrogens is 855 g/mol. The Bertz CT molecular complexity index is 2860. The molecule has 1 aliphatic carbocycles. The van der Waals surface area contributed by atoms with E-state index in [0.717, 1.165) is 45.7 Å². The molecule has 0 bridgehead atoms. The van der Waals surface area contributed by atoms with Crippen molar-refractivity contribution in [3.05, 3.63) is 124 Å². The van der Waals surface area contributed by atoms with E-state index in [1.807, 2.05) is 89.8 Å². The number of hydrogen-bond acceptors (Lipinski definition) is 13. The minimum atomic E-state index is -1.30. The number of anilines is 4. The van der Waals surface area contributed by atoms with Crippen molar-refractivity contribution in [3.63, 3.8) is 0 Å². The highest BCUT2D eigenvalue weighted by Gasteiger charge is 2.39. The molecule has 5 aromatic rings. The Labute approximate surface area is 387 Å². The standard InChI is InChI=1S/C52H49N5O10/c1-55(16-8-13-49(60)67-50-43(58)14-15-44(50)59)34-18-30(28-65-47-24-39-37(22-45(47)63-2)51(61)56-35(26-53-39)20-32-9-4-6-11-41(32)56)17-31(19-34)29-66-48-25-40-38(23-46(48)64-3)52(62)57-36(27-54-40)21-33-10-5-7-12-42(33)57/h4-7,9-12,17-19,22-26,35-36,50,54H,8,13-16,20-21,27-29H2,1-3H3. The van der Waals surface area contributed by atoms with Gasteiger partial charge in [0.1, 0.15) is 13.2 Å². The van der Waals surface area contributed by atoms with Crippen LogP contribution < -0.4 is 39.0 Å². The van der Waals surface area contributed by atoms with Gasteiger partial charge in [0.05, 0.1) is 48.8 Å². The largest absolute Gasteiger partial charge is 0.493 e. The maximum absolute atomic E-state index is 14.1. The molecule has 15 nitrogen and oxygen atoms in total. The lowest BCUT2D eigenvalue weighted by molar-refractivity contribution is -0.157. The van der Waals surface area contributed by atoms with Crippen molar-refractivity contribution >= 4 is 64.0 Å². The number of amides is 2. The first kappa shape index (κ1) is 43.2. The summed E-state index contributed by atoms with van der Waals surface area (Å²) >= 11 is 0. The maximum atomic E-state index is 14.1. The van der Waals surface area contributed by atoms with Crippen LogP contribution in [0.5, 0.6) is 23.0 Å². The van der Waals surface area contributed by atoms with Crippen molar-refractivity contribution in [1.29, 1.82) is 0 Å². The molecule has 2 amide bonds. The molecule has 0 radical (unpaired) electrons. The Kier molecular flexibility index (Phi) is 11.6. The molecule has 0 spiro atoms. The van der Waals surface area contributed by atoms with Crippen LogP contribution in [-0.2, 0) is 45.2 Å². The van der Waals surface area contributed by atoms with Crippen LogP contribution in [0.3, 0.4) is 0 Å². The first-order valence-corrected chi connectivity index (χ1v) is 22.5. The fraction of sp³-hybridized carbons (Fsp3) is 0.308. The van der Waals surface area contributed by atoms with E-state index in [4.69, 9.17) is 28.7 Å². The number of Topliss-reactive ketones (excluding diaryl/α,β-unsaturated/α-hetero) is 2. The summed E-state index contributed by atoms with van der Waals surface area (Å²) in [6, 6.07) is 28.5. The van der Waals surface area contributed by atoms with Crippen LogP contribution in [0.1, 0.15) is 68.7 Å². The molecule has 0 aromatic heterocycles. The van der Waals surface area contributed by atoms with Gasteiger partial charge in [0, 0.05) is 81.2 Å². The van der Waals surface area contributed by atoms with E-state index in [1.54, 1.807) is 30.2 Å². The molecule has 5 aromatic carbocycles. The summed E-state index contributed by atoms with van der Waals surface area (Å²) in [7, 11) is 4.97. The van der Waals surface area contributed by atoms with Crippen molar-refractivity contribution in [2.45, 2.75) is 69.9 Å². The van der Waals surface area contributed by atoms with Gasteiger partial charge in [0.25, 0.3) is 11.8 Å². The molecule has 4 aliphatic heterocycles. The Balaban J connectivity index is 0.893. The van der Waals surface area contributed by atoms with Gasteiger partial charge in [0.2, 0.25) is 6.10 Å². The monoisotopic (exact) mass is 903 g/mol. The number of ketones is 2. The van der Waals surface area contributed by atoms with E-state index in [2.05, 4.69) is 11.4 Å². The van der Waals surface area contributed by atoms with Crippen molar-refractivity contribution in [2.75, 3.05) is 54.4 Å². The van der Waals surface area contributed by atoms with Crippen molar-refractivity contribution in [3.8, 4) is 23.0 Å². The highest BCUT2D eigenvalue weighted by atomic mass is 16.6. The number of rotatable bonds is 14. The number of para-hydroxylation sites is 2. The van der Waals surface area contributed by atoms with Gasteiger partial charge in [-0.2, -0.15) is 0 Å². The second-order valence-corrected chi connectivity index (χ2v) is 17.4. The predicted molar refractivity (Wildman–Crippen MR) is 251 cm³/mol. The number of ether oxygens (including phenoxy) is 5. The van der Waals surface area contributed by atoms with Crippen LogP contribution >= 0.6 is 0 Å². The van der Waals surface area contributed by atoms with Crippen molar-refractivity contribution in [1.82, 2.24) is 0 Å². The van der Waals surface area contributed by atoms with Crippen LogP contribution in [-0.4, -0.2) is 88.1 Å². The minimum absolute atomic E-state index is 0.0218. The predicted octanol–water partition coefficient (Wildman–Crippen LogP) is 7.21. The highest BCUT2D eigenvalue weighted by Crippen LogP contribution is 2.43. The van der Waals surface area contributed by atoms with Gasteiger partial charge in [-0.05, 0) is 77.6 Å². The minimum Gasteiger partial charge on any atom is -0.493 e. The van der Waals surface area contributed by atoms with E-state index in [0.29, 0.717) is 71.4 Å². The van der Waals surface area contributed by atoms with Crippen LogP contribution in [0, 0.1) is 0 Å². The number of carbonyl (C=O) groups is 5. The number of esters is 1. The molecule has 4 heterocycles. The highest BCUT2D eigenvalue weighted by molar-refractivity contribution is 6.15. The molecule has 342 valence electrons. The lowest BCUT2D eigenvalue weighted by atomic mass is 10.1. The molecule has 2 unspecified atom stereocenters. The molecule has 15 heteroatoms. The summed E-state index contributed by atoms with van der Waals surface area (Å²) in [6.07, 6.45) is 2.56. The Morgan fingerprint density at radius 1 is 0.731 bits per heavy atom. The summed E-state index contributed by atoms with van der Waals surface area (Å²) in [4.78, 5) is 75.3. The summed E-state index contributed by atoms with van der Waals surface area (Å²) in [5.41, 5.74) is 8.45. The van der Waals surface area contributed by atoms with Crippen LogP contribution in [0.25, 0.3) is 0 Å². The van der Waals surface area contributed by atoms with Crippen molar-refractivity contribution < 1.29 is 47.7 Å². The van der Waals surface area contributed by atoms with Crippen LogP contribution in [0.15, 0.2) is 96.0 Å². The molecule has 1 N–H and O–H groups in total. The summed E-state index contributed by atoms with van der Waals surface area (Å²) in [5, 5.41) is 3.49. The van der Waals surface area contributed by atoms with Crippen LogP contribution in [0.2, 0.25) is 0 Å². The fourth-order valence-corrected chi connectivity index (χ4v) is 9.65. The lowest BCUT2D eigenvalue weighted by Gasteiger charge is -2.23. The zero-order chi connectivity index (χ0) is 46.3. The van der Waals surface area contributed by atoms with Gasteiger partial charge in [-0.25, -0.2) is 0 Å². The number of nitrogens with zero attached hydrogens (tertiary/aromatic N) is 4.